The molecule has 0 radical (unpaired) electrons. The normalized spacial score (nSPS) is 29.5. The maximum Gasteiger partial charge on any atom is 0.342 e. The fraction of sp³-hybridized carbons (Fsp3) is 0.400. The highest BCUT2D eigenvalue weighted by atomic mass is 19.1. The van der Waals surface area contributed by atoms with Crippen LogP contribution in [-0.4, -0.2) is 40.6 Å². The Balaban J connectivity index is 1.60. The highest BCUT2D eigenvalue weighted by molar-refractivity contribution is 6.02. The quantitative estimate of drug-likeness (QED) is 0.689. The van der Waals surface area contributed by atoms with Gasteiger partial charge in [0.25, 0.3) is 5.91 Å². The van der Waals surface area contributed by atoms with Gasteiger partial charge in [-0.2, -0.15) is 0 Å². The number of fused-ring (bicyclic) bond motifs is 2. The first-order valence-corrected chi connectivity index (χ1v) is 9.18. The molecule has 1 atom stereocenters. The maximum atomic E-state index is 14.2. The van der Waals surface area contributed by atoms with Crippen LogP contribution in [-0.2, 0) is 14.3 Å². The largest absolute Gasteiger partial charge is 0.458 e. The Labute approximate surface area is 155 Å². The third kappa shape index (κ3) is 2.09. The summed E-state index contributed by atoms with van der Waals surface area (Å²) in [5.41, 5.74) is 2.74. The molecule has 27 heavy (non-hydrogen) atoms. The standard InChI is InChI=1S/C20H19FN2O4/c1-2-20(26)13-7-16-17-10(6-11-14(21)4-3-5-15(11)22-17)8-23(16)18(24)12(13)9-27-19(20)25/h4,6,22,26H,2-3,5,7-9H2,1H3/t20-/m0/s1. The predicted octanol–water partition coefficient (Wildman–Crippen LogP) is 1.87. The zero-order valence-corrected chi connectivity index (χ0v) is 14.9. The number of amides is 1. The van der Waals surface area contributed by atoms with E-state index in [1.54, 1.807) is 24.0 Å². The van der Waals surface area contributed by atoms with Crippen molar-refractivity contribution in [3.63, 3.8) is 0 Å². The van der Waals surface area contributed by atoms with Crippen molar-refractivity contribution in [3.8, 4) is 0 Å². The Morgan fingerprint density at radius 2 is 2.22 bits per heavy atom. The molecule has 7 heteroatoms. The van der Waals surface area contributed by atoms with E-state index in [1.165, 1.54) is 0 Å². The molecule has 4 heterocycles. The van der Waals surface area contributed by atoms with E-state index in [4.69, 9.17) is 4.74 Å². The number of carbonyl (C=O) groups excluding carboxylic acids is 2. The number of aliphatic hydroxyl groups is 1. The van der Waals surface area contributed by atoms with Crippen molar-refractivity contribution in [2.24, 2.45) is 0 Å². The zero-order valence-electron chi connectivity index (χ0n) is 14.9. The Morgan fingerprint density at radius 1 is 1.41 bits per heavy atom. The number of cyclic esters (lactones) is 1. The average molecular weight is 370 g/mol. The lowest BCUT2D eigenvalue weighted by Gasteiger charge is -2.39. The van der Waals surface area contributed by atoms with E-state index in [-0.39, 0.29) is 24.8 Å². The SMILES string of the molecule is CC[C@@]1(O)C(=O)OCC2=C1CC1=C3NC4=C(C=C3CN1C2=O)C(F)=CCC4. The molecule has 2 N–H and O–H groups in total. The third-order valence-electron chi connectivity index (χ3n) is 6.07. The molecule has 0 unspecified atom stereocenters. The Kier molecular flexibility index (Phi) is 3.31. The van der Waals surface area contributed by atoms with Gasteiger partial charge in [-0.15, -0.1) is 0 Å². The highest BCUT2D eigenvalue weighted by Gasteiger charge is 2.51. The molecule has 1 amide bonds. The van der Waals surface area contributed by atoms with Gasteiger partial charge in [0.2, 0.25) is 0 Å². The van der Waals surface area contributed by atoms with Gasteiger partial charge in [0.15, 0.2) is 5.60 Å². The van der Waals surface area contributed by atoms with E-state index < -0.39 is 11.6 Å². The number of nitrogens with zero attached hydrogens (tertiary/aromatic N) is 1. The van der Waals surface area contributed by atoms with Crippen molar-refractivity contribution < 1.29 is 23.8 Å². The van der Waals surface area contributed by atoms with Crippen molar-refractivity contribution in [2.75, 3.05) is 13.2 Å². The Morgan fingerprint density at radius 3 is 3.00 bits per heavy atom. The Bertz CT molecular complexity index is 968. The van der Waals surface area contributed by atoms with E-state index in [1.807, 2.05) is 0 Å². The van der Waals surface area contributed by atoms with Gasteiger partial charge in [0, 0.05) is 23.4 Å². The number of halogens is 1. The molecule has 0 aromatic carbocycles. The molecule has 0 aromatic rings. The number of ether oxygens (including phenoxy) is 1. The van der Waals surface area contributed by atoms with Crippen LogP contribution in [0.5, 0.6) is 0 Å². The number of carbonyl (C=O) groups is 2. The topological polar surface area (TPSA) is 78.9 Å². The molecule has 1 aliphatic carbocycles. The van der Waals surface area contributed by atoms with Gasteiger partial charge in [-0.1, -0.05) is 6.92 Å². The number of hydrogen-bond donors (Lipinski definition) is 2. The number of dihydropyridines is 1. The molecule has 0 fully saturated rings. The first-order valence-electron chi connectivity index (χ1n) is 9.18. The van der Waals surface area contributed by atoms with Crippen molar-refractivity contribution >= 4 is 11.9 Å². The summed E-state index contributed by atoms with van der Waals surface area (Å²) in [5.74, 6) is -1.21. The summed E-state index contributed by atoms with van der Waals surface area (Å²) in [7, 11) is 0. The molecule has 140 valence electrons. The minimum atomic E-state index is -1.77. The molecule has 0 aromatic heterocycles. The van der Waals surface area contributed by atoms with E-state index in [9.17, 15) is 19.1 Å². The highest BCUT2D eigenvalue weighted by Crippen LogP contribution is 2.45. The van der Waals surface area contributed by atoms with Crippen LogP contribution in [0.25, 0.3) is 0 Å². The third-order valence-corrected chi connectivity index (χ3v) is 6.07. The molecule has 5 rings (SSSR count). The second-order valence-electron chi connectivity index (χ2n) is 7.41. The summed E-state index contributed by atoms with van der Waals surface area (Å²) in [4.78, 5) is 26.9. The van der Waals surface area contributed by atoms with Crippen LogP contribution in [0.2, 0.25) is 0 Å². The summed E-state index contributed by atoms with van der Waals surface area (Å²) in [6.07, 6.45) is 5.15. The minimum absolute atomic E-state index is 0.118. The molecule has 0 saturated heterocycles. The smallest absolute Gasteiger partial charge is 0.342 e. The zero-order chi connectivity index (χ0) is 18.9. The maximum absolute atomic E-state index is 14.2. The second-order valence-corrected chi connectivity index (χ2v) is 7.41. The van der Waals surface area contributed by atoms with Gasteiger partial charge in [-0.3, -0.25) is 4.79 Å². The van der Waals surface area contributed by atoms with Crippen LogP contribution < -0.4 is 5.32 Å². The number of rotatable bonds is 1. The monoisotopic (exact) mass is 370 g/mol. The van der Waals surface area contributed by atoms with Crippen LogP contribution in [0.4, 0.5) is 4.39 Å². The van der Waals surface area contributed by atoms with Gasteiger partial charge in [-0.05, 0) is 42.6 Å². The van der Waals surface area contributed by atoms with E-state index >= 15 is 0 Å². The molecule has 6 nitrogen and oxygen atoms in total. The van der Waals surface area contributed by atoms with Gasteiger partial charge in [0.1, 0.15) is 12.4 Å². The molecular weight excluding hydrogens is 351 g/mol. The van der Waals surface area contributed by atoms with Crippen LogP contribution >= 0.6 is 0 Å². The van der Waals surface area contributed by atoms with Crippen LogP contribution in [0.1, 0.15) is 32.6 Å². The molecular formula is C20H19FN2O4. The number of nitrogens with one attached hydrogen (secondary N) is 1. The van der Waals surface area contributed by atoms with Crippen molar-refractivity contribution in [1.29, 1.82) is 0 Å². The fourth-order valence-corrected chi connectivity index (χ4v) is 4.51. The summed E-state index contributed by atoms with van der Waals surface area (Å²) < 4.78 is 19.3. The lowest BCUT2D eigenvalue weighted by molar-refractivity contribution is -0.164. The second kappa shape index (κ2) is 5.42. The summed E-state index contributed by atoms with van der Waals surface area (Å²) in [5, 5.41) is 14.2. The predicted molar refractivity (Wildman–Crippen MR) is 93.3 cm³/mol. The summed E-state index contributed by atoms with van der Waals surface area (Å²) in [6.45, 7) is 1.92. The number of allylic oxidation sites excluding steroid dienone is 6. The summed E-state index contributed by atoms with van der Waals surface area (Å²) >= 11 is 0. The van der Waals surface area contributed by atoms with Gasteiger partial charge in [0.05, 0.1) is 17.8 Å². The summed E-state index contributed by atoms with van der Waals surface area (Å²) in [6, 6.07) is 0. The lowest BCUT2D eigenvalue weighted by Crippen LogP contribution is -2.50. The number of esters is 1. The van der Waals surface area contributed by atoms with Crippen LogP contribution in [0, 0.1) is 0 Å². The first-order chi connectivity index (χ1) is 12.9. The van der Waals surface area contributed by atoms with E-state index in [0.717, 1.165) is 22.7 Å². The van der Waals surface area contributed by atoms with Gasteiger partial charge in [-0.25, -0.2) is 9.18 Å². The van der Waals surface area contributed by atoms with Crippen molar-refractivity contribution in [2.45, 2.75) is 38.2 Å². The lowest BCUT2D eigenvalue weighted by atomic mass is 9.80. The average Bonchev–Trinajstić information content (AvgIpc) is 3.02. The van der Waals surface area contributed by atoms with Crippen LogP contribution in [0.15, 0.2) is 57.4 Å². The van der Waals surface area contributed by atoms with E-state index in [0.29, 0.717) is 42.5 Å². The molecule has 0 spiro atoms. The minimum Gasteiger partial charge on any atom is -0.458 e. The van der Waals surface area contributed by atoms with Gasteiger partial charge >= 0.3 is 5.97 Å². The molecule has 4 aliphatic heterocycles. The Hall–Kier alpha value is -2.67. The van der Waals surface area contributed by atoms with Gasteiger partial charge < -0.3 is 20.1 Å². The van der Waals surface area contributed by atoms with Crippen LogP contribution in [0.3, 0.4) is 0 Å². The fourth-order valence-electron chi connectivity index (χ4n) is 4.51. The molecule has 0 saturated carbocycles. The van der Waals surface area contributed by atoms with Crippen molar-refractivity contribution in [3.05, 3.63) is 57.4 Å². The molecule has 5 aliphatic rings. The number of hydrogen-bond acceptors (Lipinski definition) is 5. The van der Waals surface area contributed by atoms with E-state index in [2.05, 4.69) is 5.32 Å². The molecule has 0 bridgehead atoms. The van der Waals surface area contributed by atoms with Crippen molar-refractivity contribution in [1.82, 2.24) is 10.2 Å². The first kappa shape index (κ1) is 16.5.